The number of aromatic nitrogens is 1. The monoisotopic (exact) mass is 363 g/mol. The van der Waals surface area contributed by atoms with Crippen LogP contribution in [0.15, 0.2) is 12.3 Å². The summed E-state index contributed by atoms with van der Waals surface area (Å²) in [5, 5.41) is 2.90. The normalized spacial score (nSPS) is 16.5. The minimum absolute atomic E-state index is 0.0208. The molecule has 2 heterocycles. The number of halogens is 4. The molecule has 1 aromatic rings. The summed E-state index contributed by atoms with van der Waals surface area (Å²) in [7, 11) is 0. The Balaban J connectivity index is 1.96. The Hall–Kier alpha value is -1.50. The number of nitrogens with zero attached hydrogens (tertiary/aromatic N) is 2. The van der Waals surface area contributed by atoms with Gasteiger partial charge in [0.1, 0.15) is 5.82 Å². The molecule has 1 aliphatic rings. The maximum atomic E-state index is 12.7. The summed E-state index contributed by atoms with van der Waals surface area (Å²) in [5.74, 6) is 0.693. The third kappa shape index (κ3) is 4.75. The first-order chi connectivity index (χ1) is 11.2. The number of carbonyl (C=O) groups is 1. The number of carbonyl (C=O) groups excluding carboxylic acids is 1. The number of piperidine rings is 1. The van der Waals surface area contributed by atoms with Gasteiger partial charge in [-0.3, -0.25) is 4.79 Å². The van der Waals surface area contributed by atoms with Gasteiger partial charge in [0.25, 0.3) is 0 Å². The second-order valence-corrected chi connectivity index (χ2v) is 6.83. The zero-order valence-corrected chi connectivity index (χ0v) is 14.4. The molecule has 2 rings (SSSR count). The lowest BCUT2D eigenvalue weighted by atomic mass is 9.95. The van der Waals surface area contributed by atoms with Crippen molar-refractivity contribution in [1.29, 1.82) is 0 Å². The molecular formula is C16H21ClF3N3O. The molecule has 0 atom stereocenters. The average molecular weight is 364 g/mol. The second kappa shape index (κ2) is 7.59. The van der Waals surface area contributed by atoms with E-state index in [0.717, 1.165) is 12.3 Å². The van der Waals surface area contributed by atoms with Crippen LogP contribution >= 0.6 is 11.6 Å². The van der Waals surface area contributed by atoms with Gasteiger partial charge in [-0.2, -0.15) is 13.2 Å². The first kappa shape index (κ1) is 18.8. The summed E-state index contributed by atoms with van der Waals surface area (Å²) < 4.78 is 38.0. The van der Waals surface area contributed by atoms with E-state index in [0.29, 0.717) is 44.2 Å². The third-order valence-corrected chi connectivity index (χ3v) is 4.28. The van der Waals surface area contributed by atoms with Crippen molar-refractivity contribution in [3.05, 3.63) is 22.8 Å². The van der Waals surface area contributed by atoms with E-state index in [1.54, 1.807) is 0 Å². The van der Waals surface area contributed by atoms with E-state index in [2.05, 4.69) is 10.3 Å². The summed E-state index contributed by atoms with van der Waals surface area (Å²) >= 11 is 5.97. The van der Waals surface area contributed by atoms with Gasteiger partial charge >= 0.3 is 6.18 Å². The fourth-order valence-electron chi connectivity index (χ4n) is 2.62. The van der Waals surface area contributed by atoms with Crippen LogP contribution in [0.3, 0.4) is 0 Å². The predicted molar refractivity (Wildman–Crippen MR) is 87.0 cm³/mol. The Labute approximate surface area is 144 Å². The number of anilines is 1. The third-order valence-electron chi connectivity index (χ3n) is 4.00. The molecule has 0 bridgehead atoms. The SMILES string of the molecule is CC(C)CNC(=O)C1CCN(c2ncc(C(F)(F)F)cc2Cl)CC1. The number of nitrogens with one attached hydrogen (secondary N) is 1. The van der Waals surface area contributed by atoms with Crippen LogP contribution in [0.2, 0.25) is 5.02 Å². The van der Waals surface area contributed by atoms with E-state index in [1.807, 2.05) is 18.7 Å². The van der Waals surface area contributed by atoms with Gasteiger partial charge in [0.05, 0.1) is 10.6 Å². The minimum Gasteiger partial charge on any atom is -0.356 e. The molecule has 134 valence electrons. The van der Waals surface area contributed by atoms with Crippen molar-refractivity contribution >= 4 is 23.3 Å². The fraction of sp³-hybridized carbons (Fsp3) is 0.625. The fourth-order valence-corrected chi connectivity index (χ4v) is 2.91. The number of pyridine rings is 1. The molecule has 0 aromatic carbocycles. The van der Waals surface area contributed by atoms with Gasteiger partial charge in [0, 0.05) is 31.7 Å². The van der Waals surface area contributed by atoms with Gasteiger partial charge in [0.15, 0.2) is 0 Å². The molecule has 4 nitrogen and oxygen atoms in total. The summed E-state index contributed by atoms with van der Waals surface area (Å²) in [4.78, 5) is 17.8. The molecule has 0 aliphatic carbocycles. The maximum absolute atomic E-state index is 12.7. The zero-order valence-electron chi connectivity index (χ0n) is 13.7. The Morgan fingerprint density at radius 1 is 1.42 bits per heavy atom. The highest BCUT2D eigenvalue weighted by Crippen LogP contribution is 2.34. The lowest BCUT2D eigenvalue weighted by Crippen LogP contribution is -2.41. The van der Waals surface area contributed by atoms with Crippen molar-refractivity contribution in [3.63, 3.8) is 0 Å². The Kier molecular flexibility index (Phi) is 5.96. The summed E-state index contributed by atoms with van der Waals surface area (Å²) in [5.41, 5.74) is -0.862. The number of hydrogen-bond acceptors (Lipinski definition) is 3. The van der Waals surface area contributed by atoms with E-state index < -0.39 is 11.7 Å². The molecule has 1 aliphatic heterocycles. The van der Waals surface area contributed by atoms with Crippen LogP contribution in [0.4, 0.5) is 19.0 Å². The molecule has 1 N–H and O–H groups in total. The molecule has 1 fully saturated rings. The summed E-state index contributed by atoms with van der Waals surface area (Å²) in [6, 6.07) is 0.894. The van der Waals surface area contributed by atoms with Crippen LogP contribution in [0, 0.1) is 11.8 Å². The molecular weight excluding hydrogens is 343 g/mol. The first-order valence-electron chi connectivity index (χ1n) is 7.94. The van der Waals surface area contributed by atoms with Crippen LogP contribution in [0.1, 0.15) is 32.3 Å². The Morgan fingerprint density at radius 2 is 2.04 bits per heavy atom. The smallest absolute Gasteiger partial charge is 0.356 e. The minimum atomic E-state index is -4.46. The predicted octanol–water partition coefficient (Wildman–Crippen LogP) is 3.74. The van der Waals surface area contributed by atoms with E-state index in [4.69, 9.17) is 11.6 Å². The topological polar surface area (TPSA) is 45.2 Å². The van der Waals surface area contributed by atoms with Gasteiger partial charge in [0.2, 0.25) is 5.91 Å². The van der Waals surface area contributed by atoms with Gasteiger partial charge in [-0.1, -0.05) is 25.4 Å². The van der Waals surface area contributed by atoms with Crippen LogP contribution in [0.5, 0.6) is 0 Å². The van der Waals surface area contributed by atoms with Crippen molar-refractivity contribution in [2.45, 2.75) is 32.9 Å². The van der Waals surface area contributed by atoms with E-state index >= 15 is 0 Å². The lowest BCUT2D eigenvalue weighted by molar-refractivity contribution is -0.137. The van der Waals surface area contributed by atoms with Gasteiger partial charge in [-0.05, 0) is 24.8 Å². The van der Waals surface area contributed by atoms with E-state index in [1.165, 1.54) is 0 Å². The number of hydrogen-bond donors (Lipinski definition) is 1. The van der Waals surface area contributed by atoms with Crippen LogP contribution in [-0.4, -0.2) is 30.5 Å². The molecule has 1 saturated heterocycles. The van der Waals surface area contributed by atoms with Crippen molar-refractivity contribution in [2.75, 3.05) is 24.5 Å². The molecule has 24 heavy (non-hydrogen) atoms. The van der Waals surface area contributed by atoms with Gasteiger partial charge in [-0.15, -0.1) is 0 Å². The van der Waals surface area contributed by atoms with Crippen molar-refractivity contribution in [1.82, 2.24) is 10.3 Å². The zero-order chi connectivity index (χ0) is 17.9. The average Bonchev–Trinajstić information content (AvgIpc) is 2.52. The van der Waals surface area contributed by atoms with Crippen molar-refractivity contribution < 1.29 is 18.0 Å². The Bertz CT molecular complexity index is 584. The maximum Gasteiger partial charge on any atom is 0.417 e. The Morgan fingerprint density at radius 3 is 2.54 bits per heavy atom. The van der Waals surface area contributed by atoms with E-state index in [-0.39, 0.29) is 16.8 Å². The van der Waals surface area contributed by atoms with E-state index in [9.17, 15) is 18.0 Å². The summed E-state index contributed by atoms with van der Waals surface area (Å²) in [6.45, 7) is 5.78. The quantitative estimate of drug-likeness (QED) is 0.886. The molecule has 0 spiro atoms. The highest BCUT2D eigenvalue weighted by Gasteiger charge is 2.33. The van der Waals surface area contributed by atoms with Crippen molar-refractivity contribution in [2.24, 2.45) is 11.8 Å². The van der Waals surface area contributed by atoms with Crippen LogP contribution < -0.4 is 10.2 Å². The highest BCUT2D eigenvalue weighted by molar-refractivity contribution is 6.33. The number of rotatable bonds is 4. The number of amides is 1. The second-order valence-electron chi connectivity index (χ2n) is 6.43. The lowest BCUT2D eigenvalue weighted by Gasteiger charge is -2.32. The standard InChI is InChI=1S/C16H21ClF3N3O/c1-10(2)8-22-15(24)11-3-5-23(6-4-11)14-13(17)7-12(9-21-14)16(18,19)20/h7,9-11H,3-6,8H2,1-2H3,(H,22,24). The summed E-state index contributed by atoms with van der Waals surface area (Å²) in [6.07, 6.45) is -2.41. The van der Waals surface area contributed by atoms with Gasteiger partial charge < -0.3 is 10.2 Å². The number of alkyl halides is 3. The molecule has 8 heteroatoms. The molecule has 0 saturated carbocycles. The largest absolute Gasteiger partial charge is 0.417 e. The molecule has 1 aromatic heterocycles. The van der Waals surface area contributed by atoms with Gasteiger partial charge in [-0.25, -0.2) is 4.98 Å². The highest BCUT2D eigenvalue weighted by atomic mass is 35.5. The van der Waals surface area contributed by atoms with Crippen LogP contribution in [-0.2, 0) is 11.0 Å². The first-order valence-corrected chi connectivity index (χ1v) is 8.31. The molecule has 1 amide bonds. The molecule has 0 radical (unpaired) electrons. The van der Waals surface area contributed by atoms with Crippen molar-refractivity contribution in [3.8, 4) is 0 Å². The van der Waals surface area contributed by atoms with Crippen LogP contribution in [0.25, 0.3) is 0 Å². The molecule has 0 unspecified atom stereocenters.